The molecule has 0 spiro atoms. The minimum atomic E-state index is -0.441. The second-order valence-corrected chi connectivity index (χ2v) is 11.3. The quantitative estimate of drug-likeness (QED) is 0.396. The van der Waals surface area contributed by atoms with Gasteiger partial charge in [0.25, 0.3) is 0 Å². The number of ether oxygens (including phenoxy) is 1. The van der Waals surface area contributed by atoms with Crippen LogP contribution in [0.25, 0.3) is 10.8 Å². The Labute approximate surface area is 240 Å². The monoisotopic (exact) mass is 558 g/mol. The molecule has 0 unspecified atom stereocenters. The van der Waals surface area contributed by atoms with Crippen molar-refractivity contribution in [2.45, 2.75) is 45.3 Å². The number of aliphatic hydroxyl groups excluding tert-OH is 1. The molecule has 0 bridgehead atoms. The number of carbonyl (C=O) groups excluding carboxylic acids is 3. The molecular formula is C32H38N4O5. The van der Waals surface area contributed by atoms with Crippen molar-refractivity contribution in [3.8, 4) is 5.75 Å². The van der Waals surface area contributed by atoms with Gasteiger partial charge in [-0.2, -0.15) is 0 Å². The topological polar surface area (TPSA) is 111 Å². The summed E-state index contributed by atoms with van der Waals surface area (Å²) in [6.07, 6.45) is 1.42. The number of fused-ring (bicyclic) bond motifs is 2. The summed E-state index contributed by atoms with van der Waals surface area (Å²) in [5.41, 5.74) is 2.00. The summed E-state index contributed by atoms with van der Waals surface area (Å²) in [5.74, 6) is 0.305. The maximum absolute atomic E-state index is 13.4. The van der Waals surface area contributed by atoms with Gasteiger partial charge in [-0.1, -0.05) is 43.3 Å². The Morgan fingerprint density at radius 1 is 1.10 bits per heavy atom. The number of carbonyl (C=O) groups is 3. The van der Waals surface area contributed by atoms with Crippen LogP contribution in [0.5, 0.6) is 5.75 Å². The average molecular weight is 559 g/mol. The molecule has 1 saturated carbocycles. The Bertz CT molecular complexity index is 1430. The Balaban J connectivity index is 1.38. The van der Waals surface area contributed by atoms with Crippen molar-refractivity contribution >= 4 is 40.0 Å². The van der Waals surface area contributed by atoms with E-state index in [0.717, 1.165) is 29.3 Å². The smallest absolute Gasteiger partial charge is 0.321 e. The number of hydrogen-bond donors (Lipinski definition) is 3. The lowest BCUT2D eigenvalue weighted by molar-refractivity contribution is -0.134. The second kappa shape index (κ2) is 12.2. The molecule has 1 aliphatic heterocycles. The van der Waals surface area contributed by atoms with Gasteiger partial charge in [0, 0.05) is 42.1 Å². The van der Waals surface area contributed by atoms with Crippen molar-refractivity contribution in [1.29, 1.82) is 0 Å². The molecule has 5 rings (SSSR count). The molecule has 0 aromatic heterocycles. The minimum Gasteiger partial charge on any atom is -0.488 e. The predicted octanol–water partition coefficient (Wildman–Crippen LogP) is 4.50. The first kappa shape index (κ1) is 28.4. The van der Waals surface area contributed by atoms with Crippen molar-refractivity contribution in [1.82, 2.24) is 9.80 Å². The molecule has 0 saturated heterocycles. The maximum atomic E-state index is 13.4. The van der Waals surface area contributed by atoms with Gasteiger partial charge in [-0.05, 0) is 49.4 Å². The molecule has 9 nitrogen and oxygen atoms in total. The highest BCUT2D eigenvalue weighted by Crippen LogP contribution is 2.33. The standard InChI is InChI=1S/C32H38N4O5/c1-20-17-36(21(2)19-37)30(38)16-24-15-25(33-31(39)23-11-12-23)13-14-28(24)41-29(20)18-35(3)32(40)34-27-10-6-8-22-7-4-5-9-26(22)27/h4-10,13-15,20-21,23,29,37H,11-12,16-19H2,1-3H3,(H,33,39)(H,34,40)/t20-,21+,29+/m0/s1. The molecule has 2 aliphatic rings. The number of nitrogens with one attached hydrogen (secondary N) is 2. The van der Waals surface area contributed by atoms with Crippen molar-refractivity contribution in [2.24, 2.45) is 11.8 Å². The molecule has 4 amide bonds. The third kappa shape index (κ3) is 6.62. The zero-order chi connectivity index (χ0) is 29.1. The zero-order valence-corrected chi connectivity index (χ0v) is 23.8. The molecule has 41 heavy (non-hydrogen) atoms. The van der Waals surface area contributed by atoms with Gasteiger partial charge in [0.05, 0.1) is 31.3 Å². The largest absolute Gasteiger partial charge is 0.488 e. The van der Waals surface area contributed by atoms with Crippen molar-refractivity contribution < 1.29 is 24.2 Å². The van der Waals surface area contributed by atoms with E-state index >= 15 is 0 Å². The maximum Gasteiger partial charge on any atom is 0.321 e. The van der Waals surface area contributed by atoms with Crippen LogP contribution in [0, 0.1) is 11.8 Å². The van der Waals surface area contributed by atoms with Crippen LogP contribution in [0.2, 0.25) is 0 Å². The summed E-state index contributed by atoms with van der Waals surface area (Å²) in [5, 5.41) is 17.8. The number of aliphatic hydroxyl groups is 1. The van der Waals surface area contributed by atoms with E-state index in [2.05, 4.69) is 10.6 Å². The molecular weight excluding hydrogens is 520 g/mol. The Hall–Kier alpha value is -4.11. The Kier molecular flexibility index (Phi) is 8.44. The number of benzene rings is 3. The zero-order valence-electron chi connectivity index (χ0n) is 23.8. The lowest BCUT2D eigenvalue weighted by Crippen LogP contribution is -2.48. The molecule has 1 fully saturated rings. The molecule has 0 radical (unpaired) electrons. The minimum absolute atomic E-state index is 0.0129. The normalized spacial score (nSPS) is 19.7. The fraction of sp³-hybridized carbons (Fsp3) is 0.406. The first-order valence-electron chi connectivity index (χ1n) is 14.2. The molecule has 1 heterocycles. The van der Waals surface area contributed by atoms with Crippen LogP contribution in [-0.2, 0) is 16.0 Å². The van der Waals surface area contributed by atoms with Crippen molar-refractivity contribution in [3.05, 3.63) is 66.2 Å². The lowest BCUT2D eigenvalue weighted by atomic mass is 10.0. The highest BCUT2D eigenvalue weighted by molar-refractivity contribution is 6.01. The van der Waals surface area contributed by atoms with Gasteiger partial charge < -0.3 is 30.3 Å². The van der Waals surface area contributed by atoms with Crippen LogP contribution >= 0.6 is 0 Å². The first-order chi connectivity index (χ1) is 19.7. The summed E-state index contributed by atoms with van der Waals surface area (Å²) in [4.78, 5) is 42.4. The number of anilines is 2. The van der Waals surface area contributed by atoms with E-state index in [1.807, 2.05) is 56.3 Å². The summed E-state index contributed by atoms with van der Waals surface area (Å²) in [6.45, 7) is 4.27. The summed E-state index contributed by atoms with van der Waals surface area (Å²) in [7, 11) is 1.72. The van der Waals surface area contributed by atoms with E-state index in [4.69, 9.17) is 4.74 Å². The number of hydrogen-bond acceptors (Lipinski definition) is 5. The Morgan fingerprint density at radius 2 is 1.85 bits per heavy atom. The van der Waals surface area contributed by atoms with Gasteiger partial charge >= 0.3 is 6.03 Å². The van der Waals surface area contributed by atoms with Crippen LogP contribution < -0.4 is 15.4 Å². The van der Waals surface area contributed by atoms with E-state index in [1.165, 1.54) is 0 Å². The summed E-state index contributed by atoms with van der Waals surface area (Å²) >= 11 is 0. The SMILES string of the molecule is C[C@H](CO)N1C[C@H](C)[C@@H](CN(C)C(=O)Nc2cccc3ccccc23)Oc2ccc(NC(=O)C3CC3)cc2CC1=O. The molecule has 216 valence electrons. The van der Waals surface area contributed by atoms with E-state index in [1.54, 1.807) is 35.0 Å². The number of urea groups is 1. The van der Waals surface area contributed by atoms with E-state index in [-0.39, 0.29) is 55.3 Å². The predicted molar refractivity (Wildman–Crippen MR) is 159 cm³/mol. The molecule has 9 heteroatoms. The van der Waals surface area contributed by atoms with Crippen LogP contribution in [0.4, 0.5) is 16.2 Å². The van der Waals surface area contributed by atoms with Gasteiger partial charge in [-0.25, -0.2) is 4.79 Å². The number of likely N-dealkylation sites (N-methyl/N-ethyl adjacent to an activating group) is 1. The number of rotatable bonds is 7. The van der Waals surface area contributed by atoms with Crippen LogP contribution in [-0.4, -0.2) is 71.6 Å². The van der Waals surface area contributed by atoms with Crippen LogP contribution in [0.1, 0.15) is 32.3 Å². The average Bonchev–Trinajstić information content (AvgIpc) is 3.81. The fourth-order valence-electron chi connectivity index (χ4n) is 5.21. The number of nitrogens with zero attached hydrogens (tertiary/aromatic N) is 2. The molecule has 3 aromatic carbocycles. The van der Waals surface area contributed by atoms with Crippen molar-refractivity contribution in [2.75, 3.05) is 37.4 Å². The van der Waals surface area contributed by atoms with E-state index < -0.39 is 6.10 Å². The first-order valence-corrected chi connectivity index (χ1v) is 14.2. The third-order valence-corrected chi connectivity index (χ3v) is 7.96. The van der Waals surface area contributed by atoms with Crippen LogP contribution in [0.3, 0.4) is 0 Å². The molecule has 3 atom stereocenters. The van der Waals surface area contributed by atoms with Gasteiger partial charge in [0.2, 0.25) is 11.8 Å². The van der Waals surface area contributed by atoms with Gasteiger partial charge in [-0.15, -0.1) is 0 Å². The summed E-state index contributed by atoms with van der Waals surface area (Å²) < 4.78 is 6.52. The lowest BCUT2D eigenvalue weighted by Gasteiger charge is -2.34. The number of amides is 4. The van der Waals surface area contributed by atoms with Gasteiger partial charge in [-0.3, -0.25) is 9.59 Å². The highest BCUT2D eigenvalue weighted by Gasteiger charge is 2.33. The van der Waals surface area contributed by atoms with E-state index in [0.29, 0.717) is 23.5 Å². The molecule has 3 aromatic rings. The second-order valence-electron chi connectivity index (χ2n) is 11.3. The van der Waals surface area contributed by atoms with Crippen molar-refractivity contribution in [3.63, 3.8) is 0 Å². The summed E-state index contributed by atoms with van der Waals surface area (Å²) in [6, 6.07) is 18.4. The molecule has 3 N–H and O–H groups in total. The fourth-order valence-corrected chi connectivity index (χ4v) is 5.21. The third-order valence-electron chi connectivity index (χ3n) is 7.96. The Morgan fingerprint density at radius 3 is 2.61 bits per heavy atom. The van der Waals surface area contributed by atoms with Gasteiger partial charge in [0.15, 0.2) is 0 Å². The van der Waals surface area contributed by atoms with Crippen LogP contribution in [0.15, 0.2) is 60.7 Å². The van der Waals surface area contributed by atoms with E-state index in [9.17, 15) is 19.5 Å². The van der Waals surface area contributed by atoms with Gasteiger partial charge in [0.1, 0.15) is 11.9 Å². The highest BCUT2D eigenvalue weighted by atomic mass is 16.5. The molecule has 1 aliphatic carbocycles.